The molecule has 246 valence electrons. The topological polar surface area (TPSA) is 107 Å². The zero-order valence-electron chi connectivity index (χ0n) is 27.1. The number of carbonyl (C=O) groups excluding carboxylic acids is 1. The lowest BCUT2D eigenvalue weighted by molar-refractivity contribution is -0.402. The number of hydrogen-bond acceptors (Lipinski definition) is 7. The van der Waals surface area contributed by atoms with Crippen LogP contribution in [0.25, 0.3) is 0 Å². The van der Waals surface area contributed by atoms with Crippen LogP contribution in [-0.2, 0) is 25.5 Å². The van der Waals surface area contributed by atoms with Gasteiger partial charge in [-0.15, -0.1) is 11.6 Å². The van der Waals surface area contributed by atoms with E-state index in [4.69, 9.17) is 25.5 Å². The number of aryl methyl sites for hydroxylation is 1. The highest BCUT2D eigenvalue weighted by molar-refractivity contribution is 6.29. The van der Waals surface area contributed by atoms with Crippen molar-refractivity contribution < 1.29 is 23.6 Å². The van der Waals surface area contributed by atoms with Gasteiger partial charge in [-0.3, -0.25) is 19.8 Å². The molecule has 0 bridgehead atoms. The van der Waals surface area contributed by atoms with Gasteiger partial charge in [0.25, 0.3) is 0 Å². The van der Waals surface area contributed by atoms with Crippen molar-refractivity contribution >= 4 is 34.8 Å². The predicted molar refractivity (Wildman–Crippen MR) is 185 cm³/mol. The van der Waals surface area contributed by atoms with E-state index in [9.17, 15) is 14.9 Å². The molecule has 2 aliphatic heterocycles. The largest absolute Gasteiger partial charge is 0.433 e. The lowest BCUT2D eigenvalue weighted by Gasteiger charge is -2.44. The second kappa shape index (κ2) is 13.3. The van der Waals surface area contributed by atoms with E-state index < -0.39 is 22.4 Å². The van der Waals surface area contributed by atoms with E-state index in [0.717, 1.165) is 39.2 Å². The van der Waals surface area contributed by atoms with Gasteiger partial charge in [-0.1, -0.05) is 97.1 Å². The average molecular weight is 666 g/mol. The van der Waals surface area contributed by atoms with E-state index >= 15 is 0 Å². The molecule has 7 rings (SSSR count). The molecular formula is C38H36ClN3O6. The Hall–Kier alpha value is -4.96. The Bertz CT molecular complexity index is 1890. The van der Waals surface area contributed by atoms with E-state index in [0.29, 0.717) is 5.76 Å². The van der Waals surface area contributed by atoms with Crippen molar-refractivity contribution in [2.24, 2.45) is 0 Å². The van der Waals surface area contributed by atoms with Gasteiger partial charge >= 0.3 is 5.88 Å². The minimum Gasteiger partial charge on any atom is -0.401 e. The summed E-state index contributed by atoms with van der Waals surface area (Å²) < 4.78 is 18.1. The van der Waals surface area contributed by atoms with Crippen LogP contribution in [0, 0.1) is 17.0 Å². The molecule has 0 fully saturated rings. The van der Waals surface area contributed by atoms with Crippen molar-refractivity contribution in [2.45, 2.75) is 51.4 Å². The molecular weight excluding hydrogens is 630 g/mol. The van der Waals surface area contributed by atoms with Gasteiger partial charge in [0.1, 0.15) is 22.6 Å². The number of alkyl halides is 1. The molecule has 3 heterocycles. The van der Waals surface area contributed by atoms with Gasteiger partial charge in [-0.25, -0.2) is 0 Å². The number of nitro groups is 1. The van der Waals surface area contributed by atoms with Gasteiger partial charge in [0.05, 0.1) is 17.4 Å². The first kappa shape index (κ1) is 33.0. The van der Waals surface area contributed by atoms with Crippen molar-refractivity contribution in [1.82, 2.24) is 0 Å². The number of amides is 1. The fourth-order valence-electron chi connectivity index (χ4n) is 6.58. The van der Waals surface area contributed by atoms with Gasteiger partial charge in [0.2, 0.25) is 5.91 Å². The molecule has 4 aromatic carbocycles. The normalized spacial score (nSPS) is 18.7. The first-order chi connectivity index (χ1) is 23.1. The Morgan fingerprint density at radius 2 is 1.46 bits per heavy atom. The quantitative estimate of drug-likeness (QED) is 0.114. The van der Waals surface area contributed by atoms with E-state index in [1.165, 1.54) is 6.07 Å². The maximum atomic E-state index is 12.0. The molecule has 48 heavy (non-hydrogen) atoms. The van der Waals surface area contributed by atoms with Crippen LogP contribution in [0.4, 0.5) is 17.3 Å². The molecule has 0 radical (unpaired) electrons. The zero-order valence-corrected chi connectivity index (χ0v) is 27.8. The van der Waals surface area contributed by atoms with Crippen LogP contribution in [-0.4, -0.2) is 22.9 Å². The molecule has 10 heteroatoms. The Morgan fingerprint density at radius 1 is 0.854 bits per heavy atom. The van der Waals surface area contributed by atoms with Gasteiger partial charge in [0.15, 0.2) is 12.0 Å². The average Bonchev–Trinajstić information content (AvgIpc) is 3.60. The van der Waals surface area contributed by atoms with Gasteiger partial charge in [-0.05, 0) is 56.5 Å². The maximum absolute atomic E-state index is 12.0. The highest BCUT2D eigenvalue weighted by atomic mass is 35.5. The lowest BCUT2D eigenvalue weighted by atomic mass is 9.78. The van der Waals surface area contributed by atoms with E-state index in [2.05, 4.69) is 5.32 Å². The Labute approximate surface area is 284 Å². The number of rotatable bonds is 5. The minimum atomic E-state index is -0.920. The van der Waals surface area contributed by atoms with Crippen LogP contribution in [0.5, 0.6) is 0 Å². The number of para-hydroxylation sites is 2. The number of furan rings is 1. The molecule has 2 unspecified atom stereocenters. The van der Waals surface area contributed by atoms with Crippen LogP contribution >= 0.6 is 11.6 Å². The fourth-order valence-corrected chi connectivity index (χ4v) is 6.71. The number of benzene rings is 4. The number of nitrogens with zero attached hydrogens (tertiary/aromatic N) is 2. The predicted octanol–water partition coefficient (Wildman–Crippen LogP) is 8.80. The van der Waals surface area contributed by atoms with Crippen LogP contribution in [0.1, 0.15) is 60.6 Å². The van der Waals surface area contributed by atoms with Crippen LogP contribution in [0.3, 0.4) is 0 Å². The number of halogens is 1. The summed E-state index contributed by atoms with van der Waals surface area (Å²) in [5.41, 5.74) is 5.45. The summed E-state index contributed by atoms with van der Waals surface area (Å²) in [4.78, 5) is 24.2. The molecule has 9 nitrogen and oxygen atoms in total. The molecule has 1 N–H and O–H groups in total. The molecule has 2 atom stereocenters. The third kappa shape index (κ3) is 5.96. The first-order valence-electron chi connectivity index (χ1n) is 15.6. The second-order valence-corrected chi connectivity index (χ2v) is 12.4. The minimum absolute atomic E-state index is 0.0398. The second-order valence-electron chi connectivity index (χ2n) is 12.1. The number of fused-ring (bicyclic) bond motifs is 2. The lowest BCUT2D eigenvalue weighted by Crippen LogP contribution is -2.49. The number of carbonyl (C=O) groups is 1. The standard InChI is InChI=1S/C24H18N2O4.C14H18ClNO2/c27-26(28)22-16-15-21(29-22)23-25-20-14-8-7-13-19(20)24(30-23,17-9-3-1-4-10-17)18-11-5-2-6-12-18;1-9-6-5-7-11-13(9)16(12(17)8-15)10(2)18-14(11,3)4/h1-16,23,25H;5-7,10H,8H2,1-4H3. The number of nitrogens with one attached hydrogen (secondary N) is 1. The molecule has 5 aromatic rings. The van der Waals surface area contributed by atoms with Gasteiger partial charge < -0.3 is 19.2 Å². The monoisotopic (exact) mass is 665 g/mol. The zero-order chi connectivity index (χ0) is 34.1. The van der Waals surface area contributed by atoms with Crippen molar-refractivity contribution in [3.63, 3.8) is 0 Å². The molecule has 0 saturated heterocycles. The summed E-state index contributed by atoms with van der Waals surface area (Å²) in [5, 5.41) is 14.4. The summed E-state index contributed by atoms with van der Waals surface area (Å²) in [6, 6.07) is 36.7. The van der Waals surface area contributed by atoms with E-state index in [-0.39, 0.29) is 23.9 Å². The van der Waals surface area contributed by atoms with Crippen molar-refractivity contribution in [2.75, 3.05) is 16.1 Å². The number of hydrogen-bond donors (Lipinski definition) is 1. The molecule has 0 spiro atoms. The molecule has 2 aliphatic rings. The highest BCUT2D eigenvalue weighted by Gasteiger charge is 2.46. The van der Waals surface area contributed by atoms with E-state index in [1.807, 2.05) is 131 Å². The summed E-state index contributed by atoms with van der Waals surface area (Å²) in [7, 11) is 0. The smallest absolute Gasteiger partial charge is 0.401 e. The third-order valence-electron chi connectivity index (χ3n) is 8.64. The van der Waals surface area contributed by atoms with Crippen LogP contribution in [0.15, 0.2) is 120 Å². The maximum Gasteiger partial charge on any atom is 0.433 e. The van der Waals surface area contributed by atoms with E-state index in [1.54, 1.807) is 11.0 Å². The summed E-state index contributed by atoms with van der Waals surface area (Å²) in [6.45, 7) is 7.91. The van der Waals surface area contributed by atoms with Gasteiger partial charge in [0, 0.05) is 16.8 Å². The van der Waals surface area contributed by atoms with Crippen LogP contribution < -0.4 is 10.2 Å². The Morgan fingerprint density at radius 3 is 2.06 bits per heavy atom. The summed E-state index contributed by atoms with van der Waals surface area (Å²) in [6.07, 6.45) is -1.02. The van der Waals surface area contributed by atoms with Crippen molar-refractivity contribution in [3.8, 4) is 0 Å². The first-order valence-corrected chi connectivity index (χ1v) is 16.1. The number of ether oxygens (including phenoxy) is 2. The summed E-state index contributed by atoms with van der Waals surface area (Å²) in [5.74, 6) is -0.149. The Kier molecular flexibility index (Phi) is 9.11. The Balaban J connectivity index is 0.000000191. The molecule has 0 aliphatic carbocycles. The van der Waals surface area contributed by atoms with Crippen LogP contribution in [0.2, 0.25) is 0 Å². The fraction of sp³-hybridized carbons (Fsp3) is 0.237. The molecule has 1 amide bonds. The summed E-state index contributed by atoms with van der Waals surface area (Å²) >= 11 is 5.69. The number of anilines is 2. The molecule has 1 aromatic heterocycles. The molecule has 0 saturated carbocycles. The SMILES string of the molecule is Cc1cccc2c1N(C(=O)CCl)C(C)OC2(C)C.O=[N+]([O-])c1ccc(C2Nc3ccccc3C(c3ccccc3)(c3ccccc3)O2)o1. The third-order valence-corrected chi connectivity index (χ3v) is 8.87. The van der Waals surface area contributed by atoms with Gasteiger partial charge in [-0.2, -0.15) is 0 Å². The van der Waals surface area contributed by atoms with Crippen molar-refractivity contribution in [1.29, 1.82) is 0 Å². The highest BCUT2D eigenvalue weighted by Crippen LogP contribution is 2.50. The van der Waals surface area contributed by atoms with Crippen molar-refractivity contribution in [3.05, 3.63) is 159 Å².